The number of halogens is 3. The van der Waals surface area contributed by atoms with Crippen LogP contribution in [0.5, 0.6) is 5.75 Å². The number of aliphatic hydroxyl groups is 1. The van der Waals surface area contributed by atoms with Gasteiger partial charge in [0.25, 0.3) is 0 Å². The Kier molecular flexibility index (Phi) is 5.51. The van der Waals surface area contributed by atoms with Gasteiger partial charge >= 0.3 is 10.4 Å². The van der Waals surface area contributed by atoms with E-state index in [1.807, 2.05) is 0 Å². The van der Waals surface area contributed by atoms with Crippen LogP contribution in [0.25, 0.3) is 0 Å². The van der Waals surface area contributed by atoms with Crippen molar-refractivity contribution in [2.45, 2.75) is 10.4 Å². The zero-order valence-electron chi connectivity index (χ0n) is 8.85. The Labute approximate surface area is 120 Å². The largest absolute Gasteiger partial charge is 0.449 e. The minimum Gasteiger partial charge on any atom is -0.392 e. The Morgan fingerprint density at radius 1 is 1.17 bits per heavy atom. The molecule has 1 rings (SSSR count). The molecular formula is C9H9Cl3O5S. The van der Waals surface area contributed by atoms with E-state index in [-0.39, 0.29) is 12.4 Å². The third-order valence-electron chi connectivity index (χ3n) is 1.67. The normalized spacial score (nSPS) is 12.4. The van der Waals surface area contributed by atoms with Gasteiger partial charge in [-0.05, 0) is 17.7 Å². The first-order valence-electron chi connectivity index (χ1n) is 4.57. The van der Waals surface area contributed by atoms with Gasteiger partial charge in [0, 0.05) is 0 Å². The molecule has 1 N–H and O–H groups in total. The highest BCUT2D eigenvalue weighted by Gasteiger charge is 2.25. The maximum absolute atomic E-state index is 11.3. The number of hydrogen-bond donors (Lipinski definition) is 1. The van der Waals surface area contributed by atoms with E-state index in [1.54, 1.807) is 0 Å². The molecular weight excluding hydrogens is 327 g/mol. The predicted molar refractivity (Wildman–Crippen MR) is 68.2 cm³/mol. The number of rotatable bonds is 5. The van der Waals surface area contributed by atoms with Crippen LogP contribution < -0.4 is 4.18 Å². The molecule has 0 bridgehead atoms. The lowest BCUT2D eigenvalue weighted by Gasteiger charge is -2.11. The van der Waals surface area contributed by atoms with E-state index in [4.69, 9.17) is 39.9 Å². The Balaban J connectivity index is 2.64. The zero-order chi connectivity index (χ0) is 13.8. The fraction of sp³-hybridized carbons (Fsp3) is 0.333. The second kappa shape index (κ2) is 6.27. The van der Waals surface area contributed by atoms with Gasteiger partial charge in [-0.15, -0.1) is 0 Å². The molecule has 102 valence electrons. The molecule has 0 aromatic heterocycles. The third kappa shape index (κ3) is 6.08. The van der Waals surface area contributed by atoms with Crippen LogP contribution in [0.1, 0.15) is 5.56 Å². The maximum atomic E-state index is 11.3. The molecule has 0 saturated carbocycles. The summed E-state index contributed by atoms with van der Waals surface area (Å²) in [6, 6.07) is 5.73. The van der Waals surface area contributed by atoms with Gasteiger partial charge in [-0.2, -0.15) is 8.42 Å². The highest BCUT2D eigenvalue weighted by molar-refractivity contribution is 7.82. The van der Waals surface area contributed by atoms with E-state index >= 15 is 0 Å². The average molecular weight is 336 g/mol. The SMILES string of the molecule is O=S(=O)(OCC(Cl)(Cl)Cl)Oc1ccc(CO)cc1. The Hall–Kier alpha value is -0.240. The summed E-state index contributed by atoms with van der Waals surface area (Å²) in [5, 5.41) is 8.81. The molecule has 0 unspecified atom stereocenters. The van der Waals surface area contributed by atoms with Gasteiger partial charge in [-0.3, -0.25) is 0 Å². The van der Waals surface area contributed by atoms with Crippen LogP contribution >= 0.6 is 34.8 Å². The first-order valence-corrected chi connectivity index (χ1v) is 7.04. The molecule has 0 amide bonds. The van der Waals surface area contributed by atoms with Crippen LogP contribution in [0, 0.1) is 0 Å². The molecule has 0 radical (unpaired) electrons. The summed E-state index contributed by atoms with van der Waals surface area (Å²) in [7, 11) is -4.30. The van der Waals surface area contributed by atoms with Gasteiger partial charge in [0.1, 0.15) is 12.4 Å². The van der Waals surface area contributed by atoms with E-state index in [2.05, 4.69) is 8.37 Å². The number of aliphatic hydroxyl groups excluding tert-OH is 1. The third-order valence-corrected chi connectivity index (χ3v) is 2.80. The lowest BCUT2D eigenvalue weighted by molar-refractivity contribution is 0.278. The smallest absolute Gasteiger partial charge is 0.392 e. The molecule has 18 heavy (non-hydrogen) atoms. The molecule has 5 nitrogen and oxygen atoms in total. The highest BCUT2D eigenvalue weighted by atomic mass is 35.6. The van der Waals surface area contributed by atoms with Crippen molar-refractivity contribution in [3.05, 3.63) is 29.8 Å². The number of alkyl halides is 3. The summed E-state index contributed by atoms with van der Waals surface area (Å²) in [5.74, 6) is 0.0246. The first kappa shape index (κ1) is 15.8. The molecule has 0 atom stereocenters. The van der Waals surface area contributed by atoms with Crippen LogP contribution in [0.3, 0.4) is 0 Å². The second-order valence-corrected chi connectivity index (χ2v) is 6.91. The van der Waals surface area contributed by atoms with Gasteiger partial charge in [0.05, 0.1) is 6.61 Å². The average Bonchev–Trinajstić information content (AvgIpc) is 2.26. The summed E-state index contributed by atoms with van der Waals surface area (Å²) in [5.41, 5.74) is 0.613. The summed E-state index contributed by atoms with van der Waals surface area (Å²) in [6.07, 6.45) is 0. The molecule has 0 heterocycles. The standard InChI is InChI=1S/C9H9Cl3O5S/c10-9(11,12)6-16-18(14,15)17-8-3-1-7(5-13)2-4-8/h1-4,13H,5-6H2. The lowest BCUT2D eigenvalue weighted by Crippen LogP contribution is -2.21. The van der Waals surface area contributed by atoms with Gasteiger partial charge in [0.15, 0.2) is 0 Å². The maximum Gasteiger partial charge on any atom is 0.449 e. The summed E-state index contributed by atoms with van der Waals surface area (Å²) >= 11 is 16.0. The monoisotopic (exact) mass is 334 g/mol. The number of hydrogen-bond acceptors (Lipinski definition) is 5. The second-order valence-electron chi connectivity index (χ2n) is 3.17. The Bertz CT molecular complexity index is 480. The van der Waals surface area contributed by atoms with E-state index in [0.29, 0.717) is 5.56 Å². The molecule has 0 aliphatic heterocycles. The molecule has 0 aliphatic carbocycles. The summed E-state index contributed by atoms with van der Waals surface area (Å²) in [6.45, 7) is -0.814. The zero-order valence-corrected chi connectivity index (χ0v) is 11.9. The van der Waals surface area contributed by atoms with Crippen molar-refractivity contribution in [1.82, 2.24) is 0 Å². The fourth-order valence-electron chi connectivity index (χ4n) is 0.931. The van der Waals surface area contributed by atoms with Gasteiger partial charge in [-0.1, -0.05) is 46.9 Å². The molecule has 1 aromatic carbocycles. The molecule has 9 heteroatoms. The molecule has 0 spiro atoms. The quantitative estimate of drug-likeness (QED) is 0.835. The van der Waals surface area contributed by atoms with Crippen molar-refractivity contribution >= 4 is 45.2 Å². The number of benzene rings is 1. The molecule has 1 aromatic rings. The lowest BCUT2D eigenvalue weighted by atomic mass is 10.2. The minimum atomic E-state index is -4.30. The fourth-order valence-corrected chi connectivity index (χ4v) is 2.01. The van der Waals surface area contributed by atoms with Crippen molar-refractivity contribution in [3.8, 4) is 5.75 Å². The van der Waals surface area contributed by atoms with E-state index in [0.717, 1.165) is 0 Å². The van der Waals surface area contributed by atoms with Gasteiger partial charge in [0.2, 0.25) is 3.79 Å². The van der Waals surface area contributed by atoms with Gasteiger partial charge in [-0.25, -0.2) is 4.18 Å². The van der Waals surface area contributed by atoms with Crippen LogP contribution in [0.15, 0.2) is 24.3 Å². The molecule has 0 fully saturated rings. The Morgan fingerprint density at radius 2 is 1.72 bits per heavy atom. The van der Waals surface area contributed by atoms with Crippen molar-refractivity contribution in [2.75, 3.05) is 6.61 Å². The Morgan fingerprint density at radius 3 is 2.17 bits per heavy atom. The highest BCUT2D eigenvalue weighted by Crippen LogP contribution is 2.27. The van der Waals surface area contributed by atoms with Crippen LogP contribution in [0.2, 0.25) is 0 Å². The van der Waals surface area contributed by atoms with Crippen molar-refractivity contribution < 1.29 is 21.9 Å². The van der Waals surface area contributed by atoms with Crippen LogP contribution in [0.4, 0.5) is 0 Å². The summed E-state index contributed by atoms with van der Waals surface area (Å²) in [4.78, 5) is 0. The van der Waals surface area contributed by atoms with Crippen molar-refractivity contribution in [3.63, 3.8) is 0 Å². The summed E-state index contributed by atoms with van der Waals surface area (Å²) < 4.78 is 29.8. The van der Waals surface area contributed by atoms with E-state index in [9.17, 15) is 8.42 Å². The predicted octanol–water partition coefficient (Wildman–Crippen LogP) is 2.19. The van der Waals surface area contributed by atoms with Crippen molar-refractivity contribution in [2.24, 2.45) is 0 Å². The molecule has 0 aliphatic rings. The topological polar surface area (TPSA) is 72.8 Å². The van der Waals surface area contributed by atoms with Gasteiger partial charge < -0.3 is 9.29 Å². The van der Waals surface area contributed by atoms with E-state index in [1.165, 1.54) is 24.3 Å². The molecule has 0 saturated heterocycles. The van der Waals surface area contributed by atoms with E-state index < -0.39 is 20.8 Å². The van der Waals surface area contributed by atoms with Crippen LogP contribution in [-0.4, -0.2) is 23.9 Å². The first-order chi connectivity index (χ1) is 8.22. The van der Waals surface area contributed by atoms with Crippen molar-refractivity contribution in [1.29, 1.82) is 0 Å². The minimum absolute atomic E-state index is 0.0246. The van der Waals surface area contributed by atoms with Crippen LogP contribution in [-0.2, 0) is 21.2 Å².